The number of ether oxygens (including phenoxy) is 1. The molecule has 1 aromatic heterocycles. The highest BCUT2D eigenvalue weighted by molar-refractivity contribution is 6.31. The van der Waals surface area contributed by atoms with Gasteiger partial charge in [-0.1, -0.05) is 11.6 Å². The number of halogens is 1. The van der Waals surface area contributed by atoms with Crippen LogP contribution in [0, 0.1) is 0 Å². The molecule has 0 saturated carbocycles. The van der Waals surface area contributed by atoms with Gasteiger partial charge in [-0.2, -0.15) is 0 Å². The molecule has 2 N–H and O–H groups in total. The lowest BCUT2D eigenvalue weighted by Crippen LogP contribution is -2.35. The fraction of sp³-hybridized carbons (Fsp3) is 0.429. The van der Waals surface area contributed by atoms with Gasteiger partial charge >= 0.3 is 0 Å². The van der Waals surface area contributed by atoms with Gasteiger partial charge in [0.2, 0.25) is 0 Å². The molecule has 1 aliphatic rings. The molecule has 0 amide bonds. The van der Waals surface area contributed by atoms with Crippen molar-refractivity contribution in [1.82, 2.24) is 15.3 Å². The Morgan fingerprint density at radius 3 is 3.15 bits per heavy atom. The maximum Gasteiger partial charge on any atom is 0.258 e. The van der Waals surface area contributed by atoms with Crippen molar-refractivity contribution in [1.29, 1.82) is 0 Å². The number of rotatable bonds is 3. The molecular weight excluding hydrogens is 278 g/mol. The maximum absolute atomic E-state index is 12.0. The van der Waals surface area contributed by atoms with E-state index in [0.29, 0.717) is 34.3 Å². The predicted molar refractivity (Wildman–Crippen MR) is 78.0 cm³/mol. The van der Waals surface area contributed by atoms with E-state index in [1.54, 1.807) is 18.2 Å². The first kappa shape index (κ1) is 13.5. The van der Waals surface area contributed by atoms with Gasteiger partial charge in [0.25, 0.3) is 5.56 Å². The van der Waals surface area contributed by atoms with E-state index in [1.165, 1.54) is 0 Å². The summed E-state index contributed by atoms with van der Waals surface area (Å²) in [5, 5.41) is 4.49. The average Bonchev–Trinajstić information content (AvgIpc) is 2.81. The number of hydrogen-bond donors (Lipinski definition) is 2. The Kier molecular flexibility index (Phi) is 3.74. The largest absolute Gasteiger partial charge is 0.377 e. The number of nitrogens with one attached hydrogen (secondary N) is 2. The van der Waals surface area contributed by atoms with Gasteiger partial charge in [-0.25, -0.2) is 4.98 Å². The molecule has 106 valence electrons. The molecule has 0 radical (unpaired) electrons. The zero-order chi connectivity index (χ0) is 14.1. The first-order valence-electron chi connectivity index (χ1n) is 6.67. The van der Waals surface area contributed by atoms with Crippen molar-refractivity contribution in [3.63, 3.8) is 0 Å². The Morgan fingerprint density at radius 2 is 2.40 bits per heavy atom. The highest BCUT2D eigenvalue weighted by atomic mass is 35.5. The maximum atomic E-state index is 12.0. The fourth-order valence-corrected chi connectivity index (χ4v) is 2.64. The summed E-state index contributed by atoms with van der Waals surface area (Å²) in [4.78, 5) is 19.2. The number of aromatic amines is 1. The van der Waals surface area contributed by atoms with Crippen molar-refractivity contribution in [3.8, 4) is 0 Å². The van der Waals surface area contributed by atoms with E-state index >= 15 is 0 Å². The third-order valence-corrected chi connectivity index (χ3v) is 3.86. The molecule has 2 atom stereocenters. The molecule has 3 rings (SSSR count). The van der Waals surface area contributed by atoms with Gasteiger partial charge in [-0.15, -0.1) is 0 Å². The summed E-state index contributed by atoms with van der Waals surface area (Å²) in [6.45, 7) is 3.33. The Balaban J connectivity index is 1.83. The molecule has 2 aromatic rings. The molecule has 0 spiro atoms. The van der Waals surface area contributed by atoms with Crippen LogP contribution in [0.25, 0.3) is 10.9 Å². The van der Waals surface area contributed by atoms with E-state index in [-0.39, 0.29) is 11.7 Å². The second-order valence-corrected chi connectivity index (χ2v) is 5.46. The monoisotopic (exact) mass is 293 g/mol. The summed E-state index contributed by atoms with van der Waals surface area (Å²) in [6, 6.07) is 5.39. The summed E-state index contributed by atoms with van der Waals surface area (Å²) < 4.78 is 5.49. The van der Waals surface area contributed by atoms with Crippen LogP contribution in [0.5, 0.6) is 0 Å². The van der Waals surface area contributed by atoms with Crippen LogP contribution in [-0.4, -0.2) is 28.7 Å². The van der Waals surface area contributed by atoms with E-state index in [0.717, 1.165) is 13.0 Å². The van der Waals surface area contributed by atoms with E-state index < -0.39 is 0 Å². The van der Waals surface area contributed by atoms with E-state index in [9.17, 15) is 4.79 Å². The van der Waals surface area contributed by atoms with Crippen LogP contribution in [-0.2, 0) is 11.3 Å². The number of fused-ring (bicyclic) bond motifs is 1. The molecule has 20 heavy (non-hydrogen) atoms. The molecule has 0 aliphatic carbocycles. The lowest BCUT2D eigenvalue weighted by atomic mass is 10.1. The molecule has 5 nitrogen and oxygen atoms in total. The SMILES string of the molecule is CC1OCCC1NCc1nc2cc(Cl)ccc2c(=O)[nH]1. The standard InChI is InChI=1S/C14H16ClN3O2/c1-8-11(4-5-20-8)16-7-13-17-12-6-9(15)2-3-10(12)14(19)18-13/h2-3,6,8,11,16H,4-5,7H2,1H3,(H,17,18,19). The van der Waals surface area contributed by atoms with Crippen molar-refractivity contribution in [2.45, 2.75) is 32.0 Å². The lowest BCUT2D eigenvalue weighted by molar-refractivity contribution is 0.113. The van der Waals surface area contributed by atoms with Gasteiger partial charge in [0.1, 0.15) is 5.82 Å². The number of H-pyrrole nitrogens is 1. The van der Waals surface area contributed by atoms with Crippen LogP contribution in [0.1, 0.15) is 19.2 Å². The predicted octanol–water partition coefficient (Wildman–Crippen LogP) is 1.84. The quantitative estimate of drug-likeness (QED) is 0.906. The zero-order valence-corrected chi connectivity index (χ0v) is 11.9. The normalized spacial score (nSPS) is 22.5. The molecule has 2 heterocycles. The minimum atomic E-state index is -0.140. The Labute approximate surface area is 121 Å². The number of hydrogen-bond acceptors (Lipinski definition) is 4. The molecule has 2 unspecified atom stereocenters. The van der Waals surface area contributed by atoms with Crippen molar-refractivity contribution in [2.24, 2.45) is 0 Å². The van der Waals surface area contributed by atoms with Crippen LogP contribution >= 0.6 is 11.6 Å². The Morgan fingerprint density at radius 1 is 1.55 bits per heavy atom. The average molecular weight is 294 g/mol. The van der Waals surface area contributed by atoms with Gasteiger partial charge in [-0.3, -0.25) is 4.79 Å². The second kappa shape index (κ2) is 5.52. The van der Waals surface area contributed by atoms with Gasteiger partial charge < -0.3 is 15.0 Å². The molecule has 1 aliphatic heterocycles. The molecule has 1 fully saturated rings. The Bertz CT molecular complexity index is 686. The van der Waals surface area contributed by atoms with Crippen molar-refractivity contribution in [2.75, 3.05) is 6.61 Å². The number of nitrogens with zero attached hydrogens (tertiary/aromatic N) is 1. The molecule has 1 aromatic carbocycles. The van der Waals surface area contributed by atoms with Crippen molar-refractivity contribution < 1.29 is 4.74 Å². The summed E-state index contributed by atoms with van der Waals surface area (Å²) in [5.74, 6) is 0.615. The van der Waals surface area contributed by atoms with Gasteiger partial charge in [0.15, 0.2) is 0 Å². The van der Waals surface area contributed by atoms with Crippen molar-refractivity contribution in [3.05, 3.63) is 39.4 Å². The van der Waals surface area contributed by atoms with Gasteiger partial charge in [0.05, 0.1) is 23.6 Å². The van der Waals surface area contributed by atoms with Crippen LogP contribution in [0.4, 0.5) is 0 Å². The van der Waals surface area contributed by atoms with Crippen LogP contribution < -0.4 is 10.9 Å². The summed E-state index contributed by atoms with van der Waals surface area (Å²) in [6.07, 6.45) is 1.17. The molecular formula is C14H16ClN3O2. The molecule has 0 bridgehead atoms. The van der Waals surface area contributed by atoms with E-state index in [2.05, 4.69) is 15.3 Å². The minimum Gasteiger partial charge on any atom is -0.377 e. The number of aromatic nitrogens is 2. The Hall–Kier alpha value is -1.43. The van der Waals surface area contributed by atoms with Crippen LogP contribution in [0.15, 0.2) is 23.0 Å². The summed E-state index contributed by atoms with van der Waals surface area (Å²) >= 11 is 5.94. The number of benzene rings is 1. The first-order valence-corrected chi connectivity index (χ1v) is 7.05. The summed E-state index contributed by atoms with van der Waals surface area (Å²) in [7, 11) is 0. The second-order valence-electron chi connectivity index (χ2n) is 5.03. The topological polar surface area (TPSA) is 67.0 Å². The smallest absolute Gasteiger partial charge is 0.258 e. The van der Waals surface area contributed by atoms with Crippen molar-refractivity contribution >= 4 is 22.5 Å². The third-order valence-electron chi connectivity index (χ3n) is 3.63. The van der Waals surface area contributed by atoms with Gasteiger partial charge in [-0.05, 0) is 31.5 Å². The van der Waals surface area contributed by atoms with E-state index in [1.807, 2.05) is 6.92 Å². The minimum absolute atomic E-state index is 0.140. The molecule has 1 saturated heterocycles. The highest BCUT2D eigenvalue weighted by Crippen LogP contribution is 2.15. The van der Waals surface area contributed by atoms with Crippen LogP contribution in [0.2, 0.25) is 5.02 Å². The van der Waals surface area contributed by atoms with Gasteiger partial charge in [0, 0.05) is 17.7 Å². The molecule has 6 heteroatoms. The zero-order valence-electron chi connectivity index (χ0n) is 11.1. The van der Waals surface area contributed by atoms with Crippen LogP contribution in [0.3, 0.4) is 0 Å². The lowest BCUT2D eigenvalue weighted by Gasteiger charge is -2.15. The first-order chi connectivity index (χ1) is 9.63. The summed E-state index contributed by atoms with van der Waals surface area (Å²) in [5.41, 5.74) is 0.480. The highest BCUT2D eigenvalue weighted by Gasteiger charge is 2.23. The fourth-order valence-electron chi connectivity index (χ4n) is 2.47. The van der Waals surface area contributed by atoms with E-state index in [4.69, 9.17) is 16.3 Å². The third kappa shape index (κ3) is 2.70.